The molecule has 0 fully saturated rings. The van der Waals surface area contributed by atoms with Crippen molar-refractivity contribution >= 4 is 21.9 Å². The Kier molecular flexibility index (Phi) is 8.38. The van der Waals surface area contributed by atoms with Crippen molar-refractivity contribution in [3.05, 3.63) is 157 Å². The maximum atomic E-state index is 6.25. The Hall–Kier alpha value is -4.37. The smallest absolute Gasteiger partial charge is 0.121 e. The molecule has 3 aromatic heterocycles. The van der Waals surface area contributed by atoms with Gasteiger partial charge in [-0.2, -0.15) is 0 Å². The topological polar surface area (TPSA) is 38.9 Å². The molecule has 0 aliphatic rings. The van der Waals surface area contributed by atoms with Gasteiger partial charge in [0, 0.05) is 37.9 Å². The molecule has 3 nitrogen and oxygen atoms in total. The van der Waals surface area contributed by atoms with Crippen molar-refractivity contribution in [2.75, 3.05) is 0 Å². The van der Waals surface area contributed by atoms with E-state index in [1.807, 2.05) is 72.8 Å². The van der Waals surface area contributed by atoms with Gasteiger partial charge in [-0.15, -0.1) is 54.1 Å². The van der Waals surface area contributed by atoms with Crippen molar-refractivity contribution < 1.29 is 24.5 Å². The Bertz CT molecular complexity index is 1730. The van der Waals surface area contributed by atoms with Gasteiger partial charge < -0.3 is 14.4 Å². The first-order valence-electron chi connectivity index (χ1n) is 12.5. The molecule has 0 amide bonds. The molecule has 0 bridgehead atoms. The van der Waals surface area contributed by atoms with E-state index in [0.29, 0.717) is 0 Å². The van der Waals surface area contributed by atoms with Gasteiger partial charge in [0.1, 0.15) is 5.58 Å². The number of rotatable bonds is 4. The van der Waals surface area contributed by atoms with Crippen molar-refractivity contribution in [1.82, 2.24) is 9.97 Å². The molecule has 0 N–H and O–H groups in total. The second-order valence-corrected chi connectivity index (χ2v) is 8.90. The van der Waals surface area contributed by atoms with Gasteiger partial charge in [-0.25, -0.2) is 0 Å². The molecule has 1 radical (unpaired) electrons. The zero-order chi connectivity index (χ0) is 25.6. The van der Waals surface area contributed by atoms with Crippen LogP contribution in [0.2, 0.25) is 0 Å². The number of hydrogen-bond acceptors (Lipinski definition) is 3. The Morgan fingerprint density at radius 2 is 1.33 bits per heavy atom. The predicted octanol–water partition coefficient (Wildman–Crippen LogP) is 8.59. The average molecular weight is 681 g/mol. The monoisotopic (exact) mass is 681 g/mol. The second-order valence-electron chi connectivity index (χ2n) is 8.90. The van der Waals surface area contributed by atoms with Gasteiger partial charge in [-0.3, -0.25) is 0 Å². The van der Waals surface area contributed by atoms with Crippen molar-refractivity contribution in [1.29, 1.82) is 0 Å². The minimum Gasteiger partial charge on any atom is -0.501 e. The van der Waals surface area contributed by atoms with Crippen molar-refractivity contribution in [3.63, 3.8) is 0 Å². The fourth-order valence-electron chi connectivity index (χ4n) is 4.50. The molecule has 39 heavy (non-hydrogen) atoms. The number of fused-ring (bicyclic) bond motifs is 3. The third kappa shape index (κ3) is 6.04. The summed E-state index contributed by atoms with van der Waals surface area (Å²) >= 11 is 0. The summed E-state index contributed by atoms with van der Waals surface area (Å²) in [5, 5.41) is 2.23. The second kappa shape index (κ2) is 12.4. The molecular weight excluding hydrogens is 657 g/mol. The molecule has 0 aliphatic heterocycles. The molecule has 4 aromatic carbocycles. The quantitative estimate of drug-likeness (QED) is 0.175. The van der Waals surface area contributed by atoms with E-state index in [2.05, 4.69) is 70.6 Å². The average Bonchev–Trinajstić information content (AvgIpc) is 3.37. The van der Waals surface area contributed by atoms with Gasteiger partial charge in [0.15, 0.2) is 0 Å². The third-order valence-corrected chi connectivity index (χ3v) is 6.32. The van der Waals surface area contributed by atoms with E-state index in [9.17, 15) is 0 Å². The van der Waals surface area contributed by atoms with Gasteiger partial charge >= 0.3 is 0 Å². The van der Waals surface area contributed by atoms with E-state index in [4.69, 9.17) is 4.42 Å². The van der Waals surface area contributed by atoms with Gasteiger partial charge in [0.05, 0.1) is 5.58 Å². The molecule has 0 unspecified atom stereocenters. The molecule has 0 saturated carbocycles. The Morgan fingerprint density at radius 3 is 2.05 bits per heavy atom. The molecular formula is C35H24IrN2O-2. The maximum absolute atomic E-state index is 6.25. The number of hydrogen-bond donors (Lipinski definition) is 0. The van der Waals surface area contributed by atoms with Crippen molar-refractivity contribution in [2.45, 2.75) is 6.42 Å². The van der Waals surface area contributed by atoms with Crippen molar-refractivity contribution in [2.24, 2.45) is 0 Å². The number of pyridine rings is 2. The van der Waals surface area contributed by atoms with Crippen LogP contribution in [-0.4, -0.2) is 9.97 Å². The molecule has 7 aromatic rings. The van der Waals surface area contributed by atoms with Crippen LogP contribution < -0.4 is 0 Å². The standard InChI is InChI=1S/C24H16NO.C11H8N.Ir/c1-2-7-17(8-3-1)15-18-12-13-19-20-9-6-10-21(22-11-4-5-14-25-22)24(20)26-23(19)16-18;1-2-6-10(7-3-1)11-8-4-5-9-12-11;/h1-9,11-14,16H,15H2;1-6,8-9H;/q2*-1;. The summed E-state index contributed by atoms with van der Waals surface area (Å²) in [4.78, 5) is 8.67. The van der Waals surface area contributed by atoms with Crippen molar-refractivity contribution in [3.8, 4) is 22.5 Å². The first-order valence-corrected chi connectivity index (χ1v) is 12.5. The summed E-state index contributed by atoms with van der Waals surface area (Å²) in [6.07, 6.45) is 4.48. The number of benzene rings is 4. The largest absolute Gasteiger partial charge is 0.501 e. The summed E-state index contributed by atoms with van der Waals surface area (Å²) < 4.78 is 6.25. The van der Waals surface area contributed by atoms with E-state index >= 15 is 0 Å². The zero-order valence-corrected chi connectivity index (χ0v) is 23.4. The predicted molar refractivity (Wildman–Crippen MR) is 154 cm³/mol. The first kappa shape index (κ1) is 26.2. The molecule has 3 heterocycles. The van der Waals surface area contributed by atoms with Crippen LogP contribution in [0.15, 0.2) is 138 Å². The van der Waals surface area contributed by atoms with Gasteiger partial charge in [-0.05, 0) is 47.1 Å². The maximum Gasteiger partial charge on any atom is 0.121 e. The zero-order valence-electron chi connectivity index (χ0n) is 21.0. The van der Waals surface area contributed by atoms with Crippen LogP contribution in [0.25, 0.3) is 44.5 Å². The van der Waals surface area contributed by atoms with Gasteiger partial charge in [0.25, 0.3) is 0 Å². The van der Waals surface area contributed by atoms with Crippen LogP contribution in [0.1, 0.15) is 11.1 Å². The Labute approximate surface area is 241 Å². The summed E-state index contributed by atoms with van der Waals surface area (Å²) in [7, 11) is 0. The van der Waals surface area contributed by atoms with Crippen LogP contribution in [0.5, 0.6) is 0 Å². The summed E-state index contributed by atoms with van der Waals surface area (Å²) in [6.45, 7) is 0. The molecule has 7 rings (SSSR count). The number of nitrogens with zero attached hydrogens (tertiary/aromatic N) is 2. The van der Waals surface area contributed by atoms with Crippen LogP contribution in [0, 0.1) is 12.1 Å². The molecule has 0 atom stereocenters. The van der Waals surface area contributed by atoms with Crippen LogP contribution in [0.3, 0.4) is 0 Å². The Morgan fingerprint density at radius 1 is 0.590 bits per heavy atom. The minimum absolute atomic E-state index is 0. The summed E-state index contributed by atoms with van der Waals surface area (Å²) in [5.74, 6) is 0. The van der Waals surface area contributed by atoms with E-state index in [1.54, 1.807) is 12.4 Å². The molecule has 0 aliphatic carbocycles. The van der Waals surface area contributed by atoms with E-state index in [-0.39, 0.29) is 20.1 Å². The minimum atomic E-state index is 0. The SMILES string of the molecule is [Ir].[c-]1ccc2c(oc3cc(Cc4ccccc4)ccc32)c1-c1ccccn1.[c-]1ccccc1-c1ccccn1. The number of aromatic nitrogens is 2. The molecule has 4 heteroatoms. The molecule has 191 valence electrons. The summed E-state index contributed by atoms with van der Waals surface area (Å²) in [6, 6.07) is 47.0. The van der Waals surface area contributed by atoms with Crippen LogP contribution in [0.4, 0.5) is 0 Å². The fourth-order valence-corrected chi connectivity index (χ4v) is 4.50. The van der Waals surface area contributed by atoms with Gasteiger partial charge in [-0.1, -0.05) is 77.7 Å². The van der Waals surface area contributed by atoms with E-state index in [0.717, 1.165) is 50.9 Å². The van der Waals surface area contributed by atoms with E-state index < -0.39 is 0 Å². The third-order valence-electron chi connectivity index (χ3n) is 6.32. The molecule has 0 saturated heterocycles. The normalized spacial score (nSPS) is 10.5. The first-order chi connectivity index (χ1) is 18.8. The molecule has 0 spiro atoms. The van der Waals surface area contributed by atoms with Crippen LogP contribution >= 0.6 is 0 Å². The fraction of sp³-hybridized carbons (Fsp3) is 0.0286. The van der Waals surface area contributed by atoms with Crippen LogP contribution in [-0.2, 0) is 26.5 Å². The Balaban J connectivity index is 0.000000200. The van der Waals surface area contributed by atoms with Gasteiger partial charge in [0.2, 0.25) is 0 Å². The number of furan rings is 1. The summed E-state index contributed by atoms with van der Waals surface area (Å²) in [5.41, 5.74) is 8.08. The van der Waals surface area contributed by atoms with E-state index in [1.165, 1.54) is 11.1 Å².